The standard InChI is InChI=1S/C13H10ClF3N2O/c1-8-7-18-12(11(6-14)19-8)9-2-4-10(5-3-9)20-13(15,16)17/h2-5,7H,6H2,1H3. The van der Waals surface area contributed by atoms with Crippen molar-refractivity contribution < 1.29 is 17.9 Å². The van der Waals surface area contributed by atoms with Gasteiger partial charge >= 0.3 is 6.36 Å². The zero-order valence-electron chi connectivity index (χ0n) is 10.4. The number of nitrogens with zero attached hydrogens (tertiary/aromatic N) is 2. The van der Waals surface area contributed by atoms with Crippen LogP contribution in [-0.4, -0.2) is 16.3 Å². The third kappa shape index (κ3) is 3.60. The lowest BCUT2D eigenvalue weighted by molar-refractivity contribution is -0.274. The van der Waals surface area contributed by atoms with Gasteiger partial charge in [-0.25, -0.2) is 0 Å². The van der Waals surface area contributed by atoms with E-state index in [0.717, 1.165) is 5.69 Å². The van der Waals surface area contributed by atoms with Crippen LogP contribution in [0.1, 0.15) is 11.4 Å². The van der Waals surface area contributed by atoms with Gasteiger partial charge in [0, 0.05) is 11.8 Å². The molecule has 0 aliphatic carbocycles. The van der Waals surface area contributed by atoms with Gasteiger partial charge < -0.3 is 4.74 Å². The number of rotatable bonds is 3. The second-order valence-corrected chi connectivity index (χ2v) is 4.28. The summed E-state index contributed by atoms with van der Waals surface area (Å²) in [6, 6.07) is 5.41. The summed E-state index contributed by atoms with van der Waals surface area (Å²) in [6.45, 7) is 1.78. The first-order valence-corrected chi connectivity index (χ1v) is 6.17. The van der Waals surface area contributed by atoms with E-state index in [4.69, 9.17) is 11.6 Å². The average Bonchev–Trinajstić information content (AvgIpc) is 2.38. The molecule has 0 saturated heterocycles. The first-order chi connectivity index (χ1) is 9.39. The van der Waals surface area contributed by atoms with E-state index in [0.29, 0.717) is 17.0 Å². The molecule has 3 nitrogen and oxygen atoms in total. The Hall–Kier alpha value is -1.82. The summed E-state index contributed by atoms with van der Waals surface area (Å²) in [6.07, 6.45) is -3.13. The molecule has 0 aliphatic rings. The van der Waals surface area contributed by atoms with Gasteiger partial charge in [0.2, 0.25) is 0 Å². The summed E-state index contributed by atoms with van der Waals surface area (Å²) in [5.41, 5.74) is 2.48. The first-order valence-electron chi connectivity index (χ1n) is 5.64. The molecule has 7 heteroatoms. The molecule has 0 unspecified atom stereocenters. The molecule has 1 heterocycles. The van der Waals surface area contributed by atoms with E-state index in [1.54, 1.807) is 13.1 Å². The molecule has 2 rings (SSSR count). The summed E-state index contributed by atoms with van der Waals surface area (Å²) >= 11 is 5.80. The maximum atomic E-state index is 12.1. The third-order valence-corrected chi connectivity index (χ3v) is 2.71. The highest BCUT2D eigenvalue weighted by Gasteiger charge is 2.31. The van der Waals surface area contributed by atoms with E-state index >= 15 is 0 Å². The Morgan fingerprint density at radius 1 is 1.20 bits per heavy atom. The molecule has 0 atom stereocenters. The largest absolute Gasteiger partial charge is 0.573 e. The summed E-state index contributed by atoms with van der Waals surface area (Å²) in [7, 11) is 0. The normalized spacial score (nSPS) is 11.4. The molecule has 0 spiro atoms. The van der Waals surface area contributed by atoms with Crippen molar-refractivity contribution in [3.05, 3.63) is 41.9 Å². The van der Waals surface area contributed by atoms with E-state index < -0.39 is 6.36 Å². The lowest BCUT2D eigenvalue weighted by atomic mass is 10.1. The number of hydrogen-bond donors (Lipinski definition) is 0. The van der Waals surface area contributed by atoms with Gasteiger partial charge in [-0.2, -0.15) is 0 Å². The van der Waals surface area contributed by atoms with Crippen molar-refractivity contribution in [1.82, 2.24) is 9.97 Å². The number of alkyl halides is 4. The van der Waals surface area contributed by atoms with Gasteiger partial charge in [-0.05, 0) is 31.2 Å². The van der Waals surface area contributed by atoms with Crippen LogP contribution in [-0.2, 0) is 5.88 Å². The van der Waals surface area contributed by atoms with Crippen molar-refractivity contribution in [3.63, 3.8) is 0 Å². The van der Waals surface area contributed by atoms with Crippen LogP contribution >= 0.6 is 11.6 Å². The highest BCUT2D eigenvalue weighted by Crippen LogP contribution is 2.27. The lowest BCUT2D eigenvalue weighted by Gasteiger charge is -2.10. The minimum absolute atomic E-state index is 0.171. The van der Waals surface area contributed by atoms with Crippen molar-refractivity contribution in [3.8, 4) is 17.0 Å². The Balaban J connectivity index is 2.30. The van der Waals surface area contributed by atoms with Crippen molar-refractivity contribution in [2.75, 3.05) is 0 Å². The highest BCUT2D eigenvalue weighted by atomic mass is 35.5. The summed E-state index contributed by atoms with van der Waals surface area (Å²) < 4.78 is 40.0. The van der Waals surface area contributed by atoms with Gasteiger partial charge in [0.1, 0.15) is 5.75 Å². The second kappa shape index (κ2) is 5.66. The summed E-state index contributed by atoms with van der Waals surface area (Å²) in [5.74, 6) is -0.112. The topological polar surface area (TPSA) is 35.0 Å². The smallest absolute Gasteiger partial charge is 0.406 e. The minimum atomic E-state index is -4.70. The molecule has 2 aromatic rings. The number of aryl methyl sites for hydroxylation is 1. The Kier molecular flexibility index (Phi) is 4.13. The molecule has 106 valence electrons. The van der Waals surface area contributed by atoms with Crippen LogP contribution < -0.4 is 4.74 Å². The Morgan fingerprint density at radius 2 is 1.85 bits per heavy atom. The highest BCUT2D eigenvalue weighted by molar-refractivity contribution is 6.17. The van der Waals surface area contributed by atoms with Crippen molar-refractivity contribution in [1.29, 1.82) is 0 Å². The van der Waals surface area contributed by atoms with Gasteiger partial charge in [0.25, 0.3) is 0 Å². The molecule has 0 radical (unpaired) electrons. The van der Waals surface area contributed by atoms with Crippen LogP contribution in [0.2, 0.25) is 0 Å². The zero-order chi connectivity index (χ0) is 14.8. The quantitative estimate of drug-likeness (QED) is 0.801. The number of benzene rings is 1. The van der Waals surface area contributed by atoms with Crippen LogP contribution in [0.25, 0.3) is 11.3 Å². The summed E-state index contributed by atoms with van der Waals surface area (Å²) in [4.78, 5) is 8.46. The number of hydrogen-bond acceptors (Lipinski definition) is 3. The van der Waals surface area contributed by atoms with Crippen LogP contribution in [0.4, 0.5) is 13.2 Å². The Bertz CT molecular complexity index is 600. The minimum Gasteiger partial charge on any atom is -0.406 e. The molecule has 20 heavy (non-hydrogen) atoms. The molecular weight excluding hydrogens is 293 g/mol. The Morgan fingerprint density at radius 3 is 2.40 bits per heavy atom. The lowest BCUT2D eigenvalue weighted by Crippen LogP contribution is -2.16. The van der Waals surface area contributed by atoms with Crippen molar-refractivity contribution in [2.45, 2.75) is 19.2 Å². The molecule has 0 aliphatic heterocycles. The molecule has 1 aromatic heterocycles. The van der Waals surface area contributed by atoms with Gasteiger partial charge in [0.15, 0.2) is 0 Å². The fourth-order valence-corrected chi connectivity index (χ4v) is 1.86. The zero-order valence-corrected chi connectivity index (χ0v) is 11.2. The monoisotopic (exact) mass is 302 g/mol. The van der Waals surface area contributed by atoms with Gasteiger partial charge in [-0.3, -0.25) is 9.97 Å². The molecular formula is C13H10ClF3N2O. The number of ether oxygens (including phenoxy) is 1. The van der Waals surface area contributed by atoms with Crippen molar-refractivity contribution in [2.24, 2.45) is 0 Å². The molecule has 0 saturated carbocycles. The third-order valence-electron chi connectivity index (χ3n) is 2.45. The fraction of sp³-hybridized carbons (Fsp3) is 0.231. The van der Waals surface area contributed by atoms with Crippen molar-refractivity contribution >= 4 is 11.6 Å². The molecule has 0 amide bonds. The molecule has 0 bridgehead atoms. The summed E-state index contributed by atoms with van der Waals surface area (Å²) in [5, 5.41) is 0. The number of halogens is 4. The fourth-order valence-electron chi connectivity index (χ4n) is 1.68. The van der Waals surface area contributed by atoms with Crippen LogP contribution in [0, 0.1) is 6.92 Å². The second-order valence-electron chi connectivity index (χ2n) is 4.01. The number of aromatic nitrogens is 2. The maximum Gasteiger partial charge on any atom is 0.573 e. The Labute approximate surface area is 118 Å². The van der Waals surface area contributed by atoms with E-state index in [2.05, 4.69) is 14.7 Å². The average molecular weight is 303 g/mol. The van der Waals surface area contributed by atoms with Crippen LogP contribution in [0.3, 0.4) is 0 Å². The van der Waals surface area contributed by atoms with Gasteiger partial charge in [-0.15, -0.1) is 24.8 Å². The van der Waals surface area contributed by atoms with E-state index in [1.807, 2.05) is 0 Å². The van der Waals surface area contributed by atoms with E-state index in [1.165, 1.54) is 24.3 Å². The molecule has 1 aromatic carbocycles. The van der Waals surface area contributed by atoms with E-state index in [-0.39, 0.29) is 11.6 Å². The maximum absolute atomic E-state index is 12.1. The predicted molar refractivity (Wildman–Crippen MR) is 68.4 cm³/mol. The van der Waals surface area contributed by atoms with Crippen LogP contribution in [0.5, 0.6) is 5.75 Å². The van der Waals surface area contributed by atoms with E-state index in [9.17, 15) is 13.2 Å². The molecule has 0 fully saturated rings. The van der Waals surface area contributed by atoms with Gasteiger partial charge in [0.05, 0.1) is 23.0 Å². The van der Waals surface area contributed by atoms with Crippen LogP contribution in [0.15, 0.2) is 30.5 Å². The predicted octanol–water partition coefficient (Wildman–Crippen LogP) is 4.09. The first kappa shape index (κ1) is 14.6. The van der Waals surface area contributed by atoms with Gasteiger partial charge in [-0.1, -0.05) is 0 Å². The molecule has 0 N–H and O–H groups in total. The SMILES string of the molecule is Cc1cnc(-c2ccc(OC(F)(F)F)cc2)c(CCl)n1.